The molecule has 57 heavy (non-hydrogen) atoms. The zero-order valence-corrected chi connectivity index (χ0v) is 32.3. The first-order chi connectivity index (χ1) is 27.3. The molecule has 5 N–H and O–H groups in total. The van der Waals surface area contributed by atoms with E-state index in [0.717, 1.165) is 36.8 Å². The molecule has 2 aromatic carbocycles. The minimum Gasteiger partial charge on any atom is -0.444 e. The van der Waals surface area contributed by atoms with Crippen LogP contribution in [-0.2, 0) is 31.9 Å². The Kier molecular flexibility index (Phi) is 11.1. The first-order valence-corrected chi connectivity index (χ1v) is 18.6. The highest BCUT2D eigenvalue weighted by atomic mass is 19.1. The van der Waals surface area contributed by atoms with Crippen molar-refractivity contribution in [3.05, 3.63) is 95.3 Å². The van der Waals surface area contributed by atoms with Crippen molar-refractivity contribution in [3.63, 3.8) is 0 Å². The van der Waals surface area contributed by atoms with Gasteiger partial charge < -0.3 is 26.4 Å². The van der Waals surface area contributed by atoms with Crippen LogP contribution in [0.4, 0.5) is 37.1 Å². The number of alkyl carbamates (subject to hydrolysis) is 1. The second-order valence-corrected chi connectivity index (χ2v) is 14.9. The van der Waals surface area contributed by atoms with Gasteiger partial charge in [-0.05, 0) is 92.7 Å². The fourth-order valence-corrected chi connectivity index (χ4v) is 6.22. The topological polar surface area (TPSA) is 201 Å². The van der Waals surface area contributed by atoms with Crippen molar-refractivity contribution in [2.24, 2.45) is 19.8 Å². The van der Waals surface area contributed by atoms with Crippen LogP contribution in [0.1, 0.15) is 80.5 Å². The average Bonchev–Trinajstić information content (AvgIpc) is 4.11. The number of amides is 1. The maximum absolute atomic E-state index is 15.6. The fourth-order valence-electron chi connectivity index (χ4n) is 6.22. The summed E-state index contributed by atoms with van der Waals surface area (Å²) < 4.78 is 39.2. The van der Waals surface area contributed by atoms with Crippen LogP contribution in [0.2, 0.25) is 0 Å². The van der Waals surface area contributed by atoms with E-state index in [-0.39, 0.29) is 47.6 Å². The molecule has 296 valence electrons. The molecule has 4 aromatic heterocycles. The molecule has 6 aromatic rings. The van der Waals surface area contributed by atoms with Crippen molar-refractivity contribution in [1.29, 1.82) is 0 Å². The molecule has 1 amide bonds. The van der Waals surface area contributed by atoms with Crippen LogP contribution >= 0.6 is 0 Å². The zero-order chi connectivity index (χ0) is 40.3. The molecule has 0 atom stereocenters. The molecule has 18 heteroatoms. The number of anilines is 4. The number of benzene rings is 2. The number of nitrogens with one attached hydrogen (secondary N) is 3. The zero-order valence-electron chi connectivity index (χ0n) is 32.3. The number of rotatable bonds is 11. The number of hydrogen-bond donors (Lipinski definition) is 4. The van der Waals surface area contributed by atoms with Crippen molar-refractivity contribution in [1.82, 2.24) is 54.8 Å². The van der Waals surface area contributed by atoms with Crippen molar-refractivity contribution >= 4 is 29.6 Å². The van der Waals surface area contributed by atoms with Gasteiger partial charge in [-0.25, -0.2) is 33.5 Å². The van der Waals surface area contributed by atoms with E-state index in [9.17, 15) is 4.79 Å². The molecule has 0 spiro atoms. The Labute approximate surface area is 327 Å². The van der Waals surface area contributed by atoms with Gasteiger partial charge in [0.1, 0.15) is 29.9 Å². The third-order valence-electron chi connectivity index (χ3n) is 9.09. The van der Waals surface area contributed by atoms with E-state index in [4.69, 9.17) is 10.5 Å². The summed E-state index contributed by atoms with van der Waals surface area (Å²) in [6.45, 7) is 5.89. The van der Waals surface area contributed by atoms with Crippen LogP contribution in [0.25, 0.3) is 22.8 Å². The summed E-state index contributed by atoms with van der Waals surface area (Å²) in [7, 11) is 3.62. The van der Waals surface area contributed by atoms with E-state index in [1.807, 2.05) is 13.1 Å². The van der Waals surface area contributed by atoms with E-state index in [0.29, 0.717) is 46.4 Å². The number of ether oxygens (including phenoxy) is 1. The molecule has 0 saturated heterocycles. The van der Waals surface area contributed by atoms with Crippen molar-refractivity contribution in [3.8, 4) is 22.8 Å². The van der Waals surface area contributed by atoms with E-state index in [1.165, 1.54) is 12.7 Å². The van der Waals surface area contributed by atoms with E-state index < -0.39 is 11.7 Å². The number of nitrogens with zero attached hydrogens (tertiary/aromatic N) is 10. The van der Waals surface area contributed by atoms with Crippen molar-refractivity contribution < 1.29 is 18.3 Å². The minimum absolute atomic E-state index is 0.123. The Morgan fingerprint density at radius 3 is 1.65 bits per heavy atom. The summed E-state index contributed by atoms with van der Waals surface area (Å²) in [5.74, 6) is 2.03. The Morgan fingerprint density at radius 1 is 0.754 bits per heavy atom. The van der Waals surface area contributed by atoms with Crippen molar-refractivity contribution in [2.45, 2.75) is 77.0 Å². The molecule has 0 unspecified atom stereocenters. The number of aromatic nitrogens is 10. The largest absolute Gasteiger partial charge is 0.444 e. The molecule has 16 nitrogen and oxygen atoms in total. The predicted molar refractivity (Wildman–Crippen MR) is 208 cm³/mol. The van der Waals surface area contributed by atoms with Gasteiger partial charge >= 0.3 is 6.09 Å². The number of aryl methyl sites for hydroxylation is 2. The molecule has 0 bridgehead atoms. The normalized spacial score (nSPS) is 13.8. The molecule has 4 heterocycles. The molecule has 2 aliphatic rings. The lowest BCUT2D eigenvalue weighted by Crippen LogP contribution is -2.32. The van der Waals surface area contributed by atoms with E-state index >= 15 is 8.78 Å². The smallest absolute Gasteiger partial charge is 0.407 e. The first kappa shape index (κ1) is 38.8. The Morgan fingerprint density at radius 2 is 1.23 bits per heavy atom. The Bertz CT molecular complexity index is 2380. The molecule has 2 fully saturated rings. The molecule has 8 rings (SSSR count). The number of halogens is 2. The third kappa shape index (κ3) is 9.69. The highest BCUT2D eigenvalue weighted by Gasteiger charge is 2.32. The lowest BCUT2D eigenvalue weighted by atomic mass is 9.98. The Balaban J connectivity index is 0.000000179. The van der Waals surface area contributed by atoms with Gasteiger partial charge in [-0.1, -0.05) is 12.1 Å². The second-order valence-electron chi connectivity index (χ2n) is 14.9. The van der Waals surface area contributed by atoms with E-state index in [1.54, 1.807) is 79.9 Å². The SMILES string of the molecule is Cn1ccc(Nc2ncnc(-c3ccc(CN)c(C4CC4)c3F)n2)n1.Cn1ccc(Nc2ncnc(-c3ccc(CNC(=O)OC(C)(C)C)c(C4CC4)c3F)n2)n1. The predicted octanol–water partition coefficient (Wildman–Crippen LogP) is 6.55. The summed E-state index contributed by atoms with van der Waals surface area (Å²) in [4.78, 5) is 37.2. The van der Waals surface area contributed by atoms with Crippen LogP contribution < -0.4 is 21.7 Å². The van der Waals surface area contributed by atoms with Gasteiger partial charge in [0.25, 0.3) is 0 Å². The maximum atomic E-state index is 15.6. The van der Waals surface area contributed by atoms with Gasteiger partial charge in [-0.2, -0.15) is 20.2 Å². The van der Waals surface area contributed by atoms with Crippen molar-refractivity contribution in [2.75, 3.05) is 10.6 Å². The lowest BCUT2D eigenvalue weighted by molar-refractivity contribution is 0.0523. The summed E-state index contributed by atoms with van der Waals surface area (Å²) >= 11 is 0. The van der Waals surface area contributed by atoms with Gasteiger partial charge in [-0.3, -0.25) is 9.36 Å². The molecule has 2 saturated carbocycles. The fraction of sp³-hybridized carbons (Fsp3) is 0.359. The third-order valence-corrected chi connectivity index (χ3v) is 9.09. The van der Waals surface area contributed by atoms with Crippen LogP contribution in [0.15, 0.2) is 61.4 Å². The van der Waals surface area contributed by atoms with Gasteiger partial charge in [0.05, 0.1) is 11.1 Å². The van der Waals surface area contributed by atoms with Gasteiger partial charge in [0, 0.05) is 51.7 Å². The van der Waals surface area contributed by atoms with Gasteiger partial charge in [0.2, 0.25) is 11.9 Å². The Hall–Kier alpha value is -6.43. The van der Waals surface area contributed by atoms with E-state index in [2.05, 4.69) is 56.1 Å². The summed E-state index contributed by atoms with van der Waals surface area (Å²) in [6.07, 6.45) is 9.56. The molecule has 2 aliphatic carbocycles. The lowest BCUT2D eigenvalue weighted by Gasteiger charge is -2.20. The van der Waals surface area contributed by atoms with Crippen LogP contribution in [-0.4, -0.2) is 61.2 Å². The standard InChI is InChI=1S/C22H26FN7O2.C17H18FN7/c1-22(2,3)32-21(31)24-11-14-7-8-15(18(23)17(14)13-5-6-13)19-25-12-26-20(28-19)27-16-9-10-30(4)29-16;1-25-7-6-13(24-25)22-17-21-9-20-16(23-17)12-5-4-11(8-19)14(15(12)18)10-2-3-10/h7-10,12-13H,5-6,11H2,1-4H3,(H,24,31)(H,25,26,27,28,29);4-7,9-10H,2-3,8,19H2,1H3,(H,20,21,22,23,24). The number of carbonyl (C=O) groups excluding carboxylic acids is 1. The minimum atomic E-state index is -0.599. The molecular weight excluding hydrogens is 735 g/mol. The number of nitrogens with two attached hydrogens (primary N) is 1. The molecular formula is C39H44F2N14O2. The summed E-state index contributed by atoms with van der Waals surface area (Å²) in [5.41, 5.74) is 8.70. The monoisotopic (exact) mass is 778 g/mol. The molecule has 0 aliphatic heterocycles. The van der Waals surface area contributed by atoms with Crippen LogP contribution in [0.3, 0.4) is 0 Å². The maximum Gasteiger partial charge on any atom is 0.407 e. The highest BCUT2D eigenvalue weighted by molar-refractivity contribution is 5.68. The van der Waals surface area contributed by atoms with Crippen LogP contribution in [0.5, 0.6) is 0 Å². The molecule has 0 radical (unpaired) electrons. The van der Waals surface area contributed by atoms with Gasteiger partial charge in [0.15, 0.2) is 23.3 Å². The summed E-state index contributed by atoms with van der Waals surface area (Å²) in [5, 5.41) is 17.1. The summed E-state index contributed by atoms with van der Waals surface area (Å²) in [6, 6.07) is 10.6. The second kappa shape index (κ2) is 16.4. The van der Waals surface area contributed by atoms with Crippen LogP contribution in [0, 0.1) is 11.6 Å². The number of hydrogen-bond acceptors (Lipinski definition) is 13. The number of carbonyl (C=O) groups is 1. The average molecular weight is 779 g/mol. The van der Waals surface area contributed by atoms with Gasteiger partial charge in [-0.15, -0.1) is 0 Å². The highest BCUT2D eigenvalue weighted by Crippen LogP contribution is 2.45. The first-order valence-electron chi connectivity index (χ1n) is 18.6. The quantitative estimate of drug-likeness (QED) is 0.110.